The predicted octanol–water partition coefficient (Wildman–Crippen LogP) is 1.70. The number of nitrogen functional groups attached to an aromatic ring is 2. The Morgan fingerprint density at radius 3 is 1.44 bits per heavy atom. The van der Waals surface area contributed by atoms with Crippen LogP contribution in [0, 0.1) is 0 Å². The zero-order valence-electron chi connectivity index (χ0n) is 9.51. The Morgan fingerprint density at radius 1 is 0.722 bits per heavy atom. The average Bonchev–Trinajstić information content (AvgIpc) is 2.35. The maximum absolute atomic E-state index is 9.43. The van der Waals surface area contributed by atoms with Crippen molar-refractivity contribution >= 4 is 22.7 Å². The standard InChI is InChI=1S/C12H14N4O2/c13-9-3-1-7(5-11(9)17)15-16-8-2-4-10(14)12(18)6-8/h1-6,15-18H,13-14H2. The van der Waals surface area contributed by atoms with Gasteiger partial charge in [0.25, 0.3) is 0 Å². The van der Waals surface area contributed by atoms with Gasteiger partial charge in [0.05, 0.1) is 22.7 Å². The summed E-state index contributed by atoms with van der Waals surface area (Å²) in [5.74, 6) is 0.00362. The van der Waals surface area contributed by atoms with Crippen molar-refractivity contribution in [2.75, 3.05) is 22.3 Å². The molecule has 0 aliphatic rings. The minimum absolute atomic E-state index is 0.00181. The van der Waals surface area contributed by atoms with E-state index in [9.17, 15) is 10.2 Å². The van der Waals surface area contributed by atoms with E-state index < -0.39 is 0 Å². The molecular formula is C12H14N4O2. The van der Waals surface area contributed by atoms with Gasteiger partial charge in [-0.25, -0.2) is 0 Å². The lowest BCUT2D eigenvalue weighted by Crippen LogP contribution is -2.08. The Labute approximate surface area is 104 Å². The summed E-state index contributed by atoms with van der Waals surface area (Å²) in [4.78, 5) is 0. The molecule has 0 heterocycles. The Bertz CT molecular complexity index is 520. The van der Waals surface area contributed by atoms with E-state index >= 15 is 0 Å². The molecule has 0 bridgehead atoms. The summed E-state index contributed by atoms with van der Waals surface area (Å²) < 4.78 is 0. The summed E-state index contributed by atoms with van der Waals surface area (Å²) in [6, 6.07) is 9.55. The molecule has 0 unspecified atom stereocenters. The van der Waals surface area contributed by atoms with Crippen molar-refractivity contribution in [1.29, 1.82) is 0 Å². The van der Waals surface area contributed by atoms with Gasteiger partial charge >= 0.3 is 0 Å². The van der Waals surface area contributed by atoms with E-state index in [-0.39, 0.29) is 11.5 Å². The van der Waals surface area contributed by atoms with E-state index in [0.29, 0.717) is 22.7 Å². The quantitative estimate of drug-likeness (QED) is 0.279. The fraction of sp³-hybridized carbons (Fsp3) is 0. The topological polar surface area (TPSA) is 117 Å². The van der Waals surface area contributed by atoms with Crippen LogP contribution in [-0.4, -0.2) is 10.2 Å². The molecule has 8 N–H and O–H groups in total. The van der Waals surface area contributed by atoms with Crippen molar-refractivity contribution in [3.05, 3.63) is 36.4 Å². The highest BCUT2D eigenvalue weighted by Gasteiger charge is 2.00. The number of nitrogens with one attached hydrogen (secondary N) is 2. The molecule has 18 heavy (non-hydrogen) atoms. The van der Waals surface area contributed by atoms with Crippen LogP contribution < -0.4 is 22.3 Å². The largest absolute Gasteiger partial charge is 0.506 e. The van der Waals surface area contributed by atoms with E-state index in [2.05, 4.69) is 10.9 Å². The SMILES string of the molecule is Nc1ccc(NNc2ccc(N)c(O)c2)cc1O. The van der Waals surface area contributed by atoms with Gasteiger partial charge in [0.2, 0.25) is 0 Å². The van der Waals surface area contributed by atoms with Crippen LogP contribution in [0.4, 0.5) is 22.7 Å². The van der Waals surface area contributed by atoms with Crippen LogP contribution in [0.2, 0.25) is 0 Å². The van der Waals surface area contributed by atoms with Crippen LogP contribution >= 0.6 is 0 Å². The third-order valence-corrected chi connectivity index (χ3v) is 2.41. The fourth-order valence-corrected chi connectivity index (χ4v) is 1.39. The van der Waals surface area contributed by atoms with Gasteiger partial charge in [0.15, 0.2) is 0 Å². The minimum Gasteiger partial charge on any atom is -0.506 e. The zero-order chi connectivity index (χ0) is 13.1. The summed E-state index contributed by atoms with van der Waals surface area (Å²) >= 11 is 0. The van der Waals surface area contributed by atoms with Gasteiger partial charge in [-0.3, -0.25) is 0 Å². The molecule has 0 spiro atoms. The molecule has 0 saturated heterocycles. The van der Waals surface area contributed by atoms with Crippen LogP contribution in [0.25, 0.3) is 0 Å². The molecule has 6 heteroatoms. The second kappa shape index (κ2) is 4.62. The Hall–Kier alpha value is -2.76. The van der Waals surface area contributed by atoms with Crippen LogP contribution in [0.3, 0.4) is 0 Å². The molecule has 0 aliphatic carbocycles. The minimum atomic E-state index is 0.00181. The van der Waals surface area contributed by atoms with Crippen LogP contribution in [0.5, 0.6) is 11.5 Å². The van der Waals surface area contributed by atoms with Crippen molar-refractivity contribution in [3.63, 3.8) is 0 Å². The Morgan fingerprint density at radius 2 is 1.11 bits per heavy atom. The van der Waals surface area contributed by atoms with Crippen molar-refractivity contribution in [2.24, 2.45) is 0 Å². The van der Waals surface area contributed by atoms with E-state index in [1.165, 1.54) is 12.1 Å². The highest BCUT2D eigenvalue weighted by Crippen LogP contribution is 2.25. The number of nitrogens with two attached hydrogens (primary N) is 2. The summed E-state index contributed by atoms with van der Waals surface area (Å²) in [6.07, 6.45) is 0. The number of phenols is 2. The second-order valence-electron chi connectivity index (χ2n) is 3.80. The monoisotopic (exact) mass is 246 g/mol. The van der Waals surface area contributed by atoms with E-state index in [4.69, 9.17) is 11.5 Å². The molecule has 0 atom stereocenters. The first kappa shape index (κ1) is 11.7. The number of hydrazine groups is 1. The van der Waals surface area contributed by atoms with E-state index in [0.717, 1.165) is 0 Å². The fourth-order valence-electron chi connectivity index (χ4n) is 1.39. The third kappa shape index (κ3) is 2.49. The summed E-state index contributed by atoms with van der Waals surface area (Å²) in [5, 5.41) is 18.9. The van der Waals surface area contributed by atoms with Crippen LogP contribution in [0.1, 0.15) is 0 Å². The predicted molar refractivity (Wildman–Crippen MR) is 72.3 cm³/mol. The molecule has 0 aliphatic heterocycles. The van der Waals surface area contributed by atoms with Gasteiger partial charge in [-0.05, 0) is 24.3 Å². The molecule has 0 amide bonds. The molecule has 0 radical (unpaired) electrons. The van der Waals surface area contributed by atoms with Gasteiger partial charge in [0, 0.05) is 12.1 Å². The second-order valence-corrected chi connectivity index (χ2v) is 3.80. The van der Waals surface area contributed by atoms with Crippen LogP contribution in [0.15, 0.2) is 36.4 Å². The number of hydrogen-bond donors (Lipinski definition) is 6. The van der Waals surface area contributed by atoms with E-state index in [1.807, 2.05) is 0 Å². The smallest absolute Gasteiger partial charge is 0.140 e. The highest BCUT2D eigenvalue weighted by atomic mass is 16.3. The molecule has 2 rings (SSSR count). The molecule has 94 valence electrons. The lowest BCUT2D eigenvalue weighted by atomic mass is 10.2. The van der Waals surface area contributed by atoms with Crippen molar-refractivity contribution in [3.8, 4) is 11.5 Å². The van der Waals surface area contributed by atoms with Crippen molar-refractivity contribution in [2.45, 2.75) is 0 Å². The van der Waals surface area contributed by atoms with Crippen molar-refractivity contribution in [1.82, 2.24) is 0 Å². The number of rotatable bonds is 3. The first-order valence-corrected chi connectivity index (χ1v) is 5.25. The van der Waals surface area contributed by atoms with Gasteiger partial charge < -0.3 is 32.5 Å². The molecule has 6 nitrogen and oxygen atoms in total. The Balaban J connectivity index is 2.06. The van der Waals surface area contributed by atoms with Gasteiger partial charge in [-0.1, -0.05) is 0 Å². The maximum Gasteiger partial charge on any atom is 0.140 e. The first-order chi connectivity index (χ1) is 8.56. The average molecular weight is 246 g/mol. The van der Waals surface area contributed by atoms with Gasteiger partial charge in [0.1, 0.15) is 11.5 Å². The molecule has 2 aromatic carbocycles. The normalized spacial score (nSPS) is 10.0. The van der Waals surface area contributed by atoms with E-state index in [1.54, 1.807) is 24.3 Å². The molecule has 0 aromatic heterocycles. The maximum atomic E-state index is 9.43. The van der Waals surface area contributed by atoms with Crippen molar-refractivity contribution < 1.29 is 10.2 Å². The molecule has 0 saturated carbocycles. The lowest BCUT2D eigenvalue weighted by Gasteiger charge is -2.11. The number of anilines is 4. The molecule has 2 aromatic rings. The summed E-state index contributed by atoms with van der Waals surface area (Å²) in [5.41, 5.74) is 18.6. The molecule has 0 fully saturated rings. The third-order valence-electron chi connectivity index (χ3n) is 2.41. The Kier molecular flexibility index (Phi) is 3.01. The molecular weight excluding hydrogens is 232 g/mol. The first-order valence-electron chi connectivity index (χ1n) is 5.25. The van der Waals surface area contributed by atoms with Gasteiger partial charge in [-0.2, -0.15) is 0 Å². The number of aromatic hydroxyl groups is 2. The zero-order valence-corrected chi connectivity index (χ0v) is 9.51. The summed E-state index contributed by atoms with van der Waals surface area (Å²) in [7, 11) is 0. The van der Waals surface area contributed by atoms with Gasteiger partial charge in [-0.15, -0.1) is 0 Å². The summed E-state index contributed by atoms with van der Waals surface area (Å²) in [6.45, 7) is 0. The number of phenolic OH excluding ortho intramolecular Hbond substituents is 2. The number of hydrogen-bond acceptors (Lipinski definition) is 6. The highest BCUT2D eigenvalue weighted by molar-refractivity contribution is 5.65. The number of benzene rings is 2. The van der Waals surface area contributed by atoms with Crippen LogP contribution in [-0.2, 0) is 0 Å². The lowest BCUT2D eigenvalue weighted by molar-refractivity contribution is 0.477.